The van der Waals surface area contributed by atoms with Gasteiger partial charge in [-0.05, 0) is 79.1 Å². The summed E-state index contributed by atoms with van der Waals surface area (Å²) in [6, 6.07) is -0.307. The molecule has 0 radical (unpaired) electrons. The van der Waals surface area contributed by atoms with Gasteiger partial charge in [0.1, 0.15) is 0 Å². The number of esters is 1. The molecule has 0 aromatic heterocycles. The second kappa shape index (κ2) is 13.3. The molecule has 0 saturated heterocycles. The molecule has 0 spiro atoms. The molecule has 0 N–H and O–H groups in total. The first-order valence-electron chi connectivity index (χ1n) is 11.1. The van der Waals surface area contributed by atoms with E-state index in [-0.39, 0.29) is 12.0 Å². The van der Waals surface area contributed by atoms with Crippen molar-refractivity contribution >= 4 is 11.9 Å². The maximum atomic E-state index is 11.9. The molecule has 0 aromatic rings. The fourth-order valence-electron chi connectivity index (χ4n) is 3.23. The number of hydrogen-bond donors (Lipinski definition) is 0. The molecule has 162 valence electrons. The molecule has 1 aliphatic rings. The van der Waals surface area contributed by atoms with Crippen molar-refractivity contribution in [2.45, 2.75) is 99.5 Å². The van der Waals surface area contributed by atoms with Crippen LogP contribution in [0.25, 0.3) is 0 Å². The highest BCUT2D eigenvalue weighted by Gasteiger charge is 2.29. The van der Waals surface area contributed by atoms with Gasteiger partial charge in [0.25, 0.3) is 0 Å². The molecular weight excluding hydrogens is 358 g/mol. The van der Waals surface area contributed by atoms with E-state index in [2.05, 4.69) is 77.8 Å². The normalized spacial score (nSPS) is 18.2. The van der Waals surface area contributed by atoms with Gasteiger partial charge in [0.05, 0.1) is 0 Å². The lowest BCUT2D eigenvalue weighted by molar-refractivity contribution is -0.135. The van der Waals surface area contributed by atoms with Crippen molar-refractivity contribution in [3.8, 4) is 0 Å². The first-order valence-corrected chi connectivity index (χ1v) is 11.1. The summed E-state index contributed by atoms with van der Waals surface area (Å²) in [6.45, 7) is 15.0. The van der Waals surface area contributed by atoms with Crippen molar-refractivity contribution < 1.29 is 9.53 Å². The molecule has 0 unspecified atom stereocenters. The number of carbonyl (C=O) groups is 1. The minimum Gasteiger partial charge on any atom is -0.410 e. The average molecular weight is 400 g/mol. The number of allylic oxidation sites excluding steroid dienone is 7. The lowest BCUT2D eigenvalue weighted by atomic mass is 10.0. The second-order valence-corrected chi connectivity index (χ2v) is 9.01. The Morgan fingerprint density at radius 1 is 0.931 bits per heavy atom. The quantitative estimate of drug-likeness (QED) is 0.252. The van der Waals surface area contributed by atoms with Crippen LogP contribution in [0.4, 0.5) is 0 Å². The largest absolute Gasteiger partial charge is 0.410 e. The molecule has 1 aliphatic heterocycles. The van der Waals surface area contributed by atoms with Gasteiger partial charge in [-0.15, -0.1) is 0 Å². The van der Waals surface area contributed by atoms with E-state index < -0.39 is 0 Å². The van der Waals surface area contributed by atoms with Gasteiger partial charge < -0.3 is 4.74 Å². The fourth-order valence-corrected chi connectivity index (χ4v) is 3.23. The van der Waals surface area contributed by atoms with Crippen molar-refractivity contribution in [1.82, 2.24) is 0 Å². The summed E-state index contributed by atoms with van der Waals surface area (Å²) in [5.41, 5.74) is 5.49. The summed E-state index contributed by atoms with van der Waals surface area (Å²) in [4.78, 5) is 16.3. The minimum atomic E-state index is -0.307. The highest BCUT2D eigenvalue weighted by Crippen LogP contribution is 2.19. The van der Waals surface area contributed by atoms with E-state index in [9.17, 15) is 4.79 Å². The van der Waals surface area contributed by atoms with Gasteiger partial charge in [0.15, 0.2) is 11.9 Å². The molecule has 0 saturated carbocycles. The third-order valence-corrected chi connectivity index (χ3v) is 4.97. The van der Waals surface area contributed by atoms with Crippen molar-refractivity contribution in [3.05, 3.63) is 46.6 Å². The summed E-state index contributed by atoms with van der Waals surface area (Å²) in [5.74, 6) is 0.821. The van der Waals surface area contributed by atoms with Crippen LogP contribution in [-0.2, 0) is 9.53 Å². The first kappa shape index (κ1) is 25.1. The van der Waals surface area contributed by atoms with Crippen LogP contribution >= 0.6 is 0 Å². The van der Waals surface area contributed by atoms with Crippen molar-refractivity contribution in [3.63, 3.8) is 0 Å². The van der Waals surface area contributed by atoms with E-state index in [1.807, 2.05) is 0 Å². The van der Waals surface area contributed by atoms with E-state index >= 15 is 0 Å². The smallest absolute Gasteiger partial charge is 0.337 e. The molecule has 0 bridgehead atoms. The van der Waals surface area contributed by atoms with E-state index in [0.717, 1.165) is 38.5 Å². The molecule has 1 heterocycles. The zero-order valence-corrected chi connectivity index (χ0v) is 19.7. The first-order chi connectivity index (χ1) is 13.7. The van der Waals surface area contributed by atoms with E-state index in [4.69, 9.17) is 4.74 Å². The molecule has 0 fully saturated rings. The average Bonchev–Trinajstić information content (AvgIpc) is 2.92. The van der Waals surface area contributed by atoms with Crippen LogP contribution in [0.15, 0.2) is 51.6 Å². The summed E-state index contributed by atoms with van der Waals surface area (Å²) in [5, 5.41) is 0. The summed E-state index contributed by atoms with van der Waals surface area (Å²) in [7, 11) is 0. The molecule has 0 amide bonds. The Labute approximate surface area is 178 Å². The van der Waals surface area contributed by atoms with Gasteiger partial charge in [-0.1, -0.05) is 60.4 Å². The van der Waals surface area contributed by atoms with Gasteiger partial charge in [0, 0.05) is 6.42 Å². The monoisotopic (exact) mass is 399 g/mol. The Morgan fingerprint density at radius 3 is 2.14 bits per heavy atom. The van der Waals surface area contributed by atoms with E-state index in [1.165, 1.54) is 22.3 Å². The number of carbonyl (C=O) groups excluding carboxylic acids is 1. The van der Waals surface area contributed by atoms with Crippen LogP contribution in [0.2, 0.25) is 0 Å². The van der Waals surface area contributed by atoms with Crippen molar-refractivity contribution in [1.29, 1.82) is 0 Å². The minimum absolute atomic E-state index is 0.193. The molecule has 3 nitrogen and oxygen atoms in total. The Balaban J connectivity index is 2.38. The predicted octanol–water partition coefficient (Wildman–Crippen LogP) is 7.50. The highest BCUT2D eigenvalue weighted by atomic mass is 16.6. The second-order valence-electron chi connectivity index (χ2n) is 9.01. The highest BCUT2D eigenvalue weighted by molar-refractivity contribution is 5.98. The lowest BCUT2D eigenvalue weighted by Gasteiger charge is -2.05. The van der Waals surface area contributed by atoms with Crippen LogP contribution in [0.3, 0.4) is 0 Å². The topological polar surface area (TPSA) is 38.7 Å². The molecule has 0 aromatic carbocycles. The number of cyclic esters (lactones) is 1. The number of nitrogens with zero attached hydrogens (tertiary/aromatic N) is 1. The number of aliphatic imine (C=N–C) groups is 1. The Morgan fingerprint density at radius 2 is 1.52 bits per heavy atom. The summed E-state index contributed by atoms with van der Waals surface area (Å²) >= 11 is 0. The Kier molecular flexibility index (Phi) is 11.6. The lowest BCUT2D eigenvalue weighted by Crippen LogP contribution is -2.17. The van der Waals surface area contributed by atoms with E-state index in [0.29, 0.717) is 18.2 Å². The van der Waals surface area contributed by atoms with Crippen LogP contribution in [-0.4, -0.2) is 17.9 Å². The Bertz CT molecular complexity index is 685. The van der Waals surface area contributed by atoms with E-state index in [1.54, 1.807) is 0 Å². The van der Waals surface area contributed by atoms with Gasteiger partial charge in [0.2, 0.25) is 0 Å². The number of hydrogen-bond acceptors (Lipinski definition) is 3. The molecule has 0 aliphatic carbocycles. The summed E-state index contributed by atoms with van der Waals surface area (Å²) < 4.78 is 5.33. The summed E-state index contributed by atoms with van der Waals surface area (Å²) in [6.07, 6.45) is 16.0. The van der Waals surface area contributed by atoms with Gasteiger partial charge in [-0.2, -0.15) is 0 Å². The standard InChI is InChI=1S/C26H41NO2/c1-19(2)11-8-12-21(5)13-9-14-22(6)15-10-16-23(7)18-25-27-24(17-20(3)4)26(28)29-25/h11,13,15-16,20,24H,8-10,12,14,17-18H2,1-7H3/b21-13?,22-15?,23-16+/t24-/m0/s1. The zero-order chi connectivity index (χ0) is 21.8. The van der Waals surface area contributed by atoms with Gasteiger partial charge in [-0.25, -0.2) is 9.79 Å². The maximum absolute atomic E-state index is 11.9. The fraction of sp³-hybridized carbons (Fsp3) is 0.615. The molecular formula is C26H41NO2. The van der Waals surface area contributed by atoms with Crippen LogP contribution in [0.1, 0.15) is 93.4 Å². The Hall–Kier alpha value is -1.90. The maximum Gasteiger partial charge on any atom is 0.337 e. The number of ether oxygens (including phenoxy) is 1. The van der Waals surface area contributed by atoms with Crippen molar-refractivity contribution in [2.24, 2.45) is 10.9 Å². The molecule has 1 atom stereocenters. The third kappa shape index (κ3) is 11.6. The molecule has 29 heavy (non-hydrogen) atoms. The SMILES string of the molecule is CC(C)=CCCC(C)=CCCC(C)=CC/C=C(\C)CC1=N[C@@H](CC(C)C)C(=O)O1. The van der Waals surface area contributed by atoms with Crippen molar-refractivity contribution in [2.75, 3.05) is 0 Å². The molecule has 3 heteroatoms. The number of rotatable bonds is 12. The van der Waals surface area contributed by atoms with Gasteiger partial charge >= 0.3 is 5.97 Å². The third-order valence-electron chi connectivity index (χ3n) is 4.97. The predicted molar refractivity (Wildman–Crippen MR) is 125 cm³/mol. The zero-order valence-electron chi connectivity index (χ0n) is 19.7. The van der Waals surface area contributed by atoms with Gasteiger partial charge in [-0.3, -0.25) is 0 Å². The van der Waals surface area contributed by atoms with Crippen LogP contribution in [0.5, 0.6) is 0 Å². The van der Waals surface area contributed by atoms with Crippen LogP contribution < -0.4 is 0 Å². The molecule has 1 rings (SSSR count). The van der Waals surface area contributed by atoms with Crippen LogP contribution in [0, 0.1) is 5.92 Å².